The number of carbonyl (C=O) groups excluding carboxylic acids is 1. The lowest BCUT2D eigenvalue weighted by Crippen LogP contribution is -2.38. The first-order valence-electron chi connectivity index (χ1n) is 7.17. The number of benzene rings is 1. The number of nitrogens with one attached hydrogen (secondary N) is 2. The molecule has 0 radical (unpaired) electrons. The second kappa shape index (κ2) is 9.36. The van der Waals surface area contributed by atoms with Crippen LogP contribution < -0.4 is 10.6 Å². The number of rotatable bonds is 5. The lowest BCUT2D eigenvalue weighted by atomic mass is 10.0. The van der Waals surface area contributed by atoms with E-state index in [1.165, 1.54) is 0 Å². The molecule has 0 aromatic heterocycles. The number of hydrogen-bond acceptors (Lipinski definition) is 5. The van der Waals surface area contributed by atoms with E-state index < -0.39 is 12.2 Å². The van der Waals surface area contributed by atoms with E-state index in [2.05, 4.69) is 10.6 Å². The maximum absolute atomic E-state index is 11.4. The molecule has 6 nitrogen and oxygen atoms in total. The number of hydrogen-bond donors (Lipinski definition) is 3. The summed E-state index contributed by atoms with van der Waals surface area (Å²) in [6.07, 6.45) is -1.34. The first kappa shape index (κ1) is 21.2. The summed E-state index contributed by atoms with van der Waals surface area (Å²) < 4.78 is 4.78. The standard InChI is InChI=1S/C16H23N3O3.ClH/c1-5-22-15(21)19-13-7-6-11(8-12(13)9-17)14(20)10-18-16(2,3)4;/h6-8,14,18,20H,5,10H2,1-4H3,(H,19,21);1H. The fourth-order valence-corrected chi connectivity index (χ4v) is 1.77. The number of amides is 1. The van der Waals surface area contributed by atoms with Gasteiger partial charge in [-0.3, -0.25) is 5.32 Å². The Labute approximate surface area is 143 Å². The van der Waals surface area contributed by atoms with E-state index in [-0.39, 0.29) is 30.1 Å². The molecule has 1 rings (SSSR count). The first-order valence-corrected chi connectivity index (χ1v) is 7.17. The molecule has 0 saturated heterocycles. The Morgan fingerprint density at radius 1 is 1.43 bits per heavy atom. The van der Waals surface area contributed by atoms with Gasteiger partial charge in [0.2, 0.25) is 0 Å². The highest BCUT2D eigenvalue weighted by atomic mass is 35.5. The Bertz CT molecular complexity index is 565. The Morgan fingerprint density at radius 2 is 2.09 bits per heavy atom. The second-order valence-corrected chi connectivity index (χ2v) is 5.91. The molecule has 0 bridgehead atoms. The van der Waals surface area contributed by atoms with Gasteiger partial charge in [0, 0.05) is 12.1 Å². The van der Waals surface area contributed by atoms with Gasteiger partial charge in [-0.15, -0.1) is 12.4 Å². The minimum absolute atomic E-state index is 0. The molecule has 23 heavy (non-hydrogen) atoms. The van der Waals surface area contributed by atoms with Crippen LogP contribution in [0.5, 0.6) is 0 Å². The van der Waals surface area contributed by atoms with Gasteiger partial charge in [-0.2, -0.15) is 5.26 Å². The zero-order valence-corrected chi connectivity index (χ0v) is 14.7. The molecule has 0 heterocycles. The van der Waals surface area contributed by atoms with Gasteiger partial charge in [0.25, 0.3) is 0 Å². The topological polar surface area (TPSA) is 94.4 Å². The largest absolute Gasteiger partial charge is 0.450 e. The smallest absolute Gasteiger partial charge is 0.411 e. The van der Waals surface area contributed by atoms with Crippen LogP contribution in [0.4, 0.5) is 10.5 Å². The number of nitrogens with zero attached hydrogens (tertiary/aromatic N) is 1. The molecule has 1 atom stereocenters. The zero-order valence-electron chi connectivity index (χ0n) is 13.8. The lowest BCUT2D eigenvalue weighted by Gasteiger charge is -2.23. The zero-order chi connectivity index (χ0) is 16.8. The van der Waals surface area contributed by atoms with Crippen LogP contribution in [0.2, 0.25) is 0 Å². The average Bonchev–Trinajstić information content (AvgIpc) is 2.44. The summed E-state index contributed by atoms with van der Waals surface area (Å²) in [5.41, 5.74) is 1.15. The summed E-state index contributed by atoms with van der Waals surface area (Å²) in [6, 6.07) is 6.84. The van der Waals surface area contributed by atoms with E-state index in [0.29, 0.717) is 17.8 Å². The SMILES string of the molecule is CCOC(=O)Nc1ccc(C(O)CNC(C)(C)C)cc1C#N.Cl. The number of aliphatic hydroxyl groups is 1. The molecule has 128 valence electrons. The number of β-amino-alcohol motifs (C(OH)–C–C–N with tert-alkyl or cyclic N) is 1. The van der Waals surface area contributed by atoms with E-state index in [1.54, 1.807) is 25.1 Å². The molecule has 1 unspecified atom stereocenters. The van der Waals surface area contributed by atoms with Gasteiger partial charge in [0.15, 0.2) is 0 Å². The van der Waals surface area contributed by atoms with Gasteiger partial charge >= 0.3 is 6.09 Å². The van der Waals surface area contributed by atoms with Gasteiger partial charge in [0.1, 0.15) is 6.07 Å². The fourth-order valence-electron chi connectivity index (χ4n) is 1.77. The van der Waals surface area contributed by atoms with Gasteiger partial charge < -0.3 is 15.2 Å². The van der Waals surface area contributed by atoms with Crippen molar-refractivity contribution in [2.75, 3.05) is 18.5 Å². The van der Waals surface area contributed by atoms with Crippen molar-refractivity contribution in [1.29, 1.82) is 5.26 Å². The molecular weight excluding hydrogens is 318 g/mol. The third-order valence-electron chi connectivity index (χ3n) is 2.89. The minimum Gasteiger partial charge on any atom is -0.450 e. The average molecular weight is 342 g/mol. The molecule has 1 aromatic rings. The van der Waals surface area contributed by atoms with Gasteiger partial charge in [-0.05, 0) is 45.4 Å². The van der Waals surface area contributed by atoms with E-state index in [9.17, 15) is 15.2 Å². The minimum atomic E-state index is -0.733. The number of ether oxygens (including phenoxy) is 1. The van der Waals surface area contributed by atoms with Crippen molar-refractivity contribution in [2.24, 2.45) is 0 Å². The van der Waals surface area contributed by atoms with Gasteiger partial charge in [-0.25, -0.2) is 4.79 Å². The maximum atomic E-state index is 11.4. The third-order valence-corrected chi connectivity index (χ3v) is 2.89. The first-order chi connectivity index (χ1) is 10.3. The molecule has 0 fully saturated rings. The highest BCUT2D eigenvalue weighted by molar-refractivity contribution is 5.86. The highest BCUT2D eigenvalue weighted by Gasteiger charge is 2.15. The fraction of sp³-hybridized carbons (Fsp3) is 0.500. The van der Waals surface area contributed by atoms with Crippen molar-refractivity contribution in [3.05, 3.63) is 29.3 Å². The quantitative estimate of drug-likeness (QED) is 0.765. The molecule has 0 saturated carbocycles. The Hall–Kier alpha value is -1.81. The van der Waals surface area contributed by atoms with Crippen LogP contribution in [-0.4, -0.2) is 29.9 Å². The monoisotopic (exact) mass is 341 g/mol. The third kappa shape index (κ3) is 7.33. The number of nitriles is 1. The van der Waals surface area contributed by atoms with Gasteiger partial charge in [0.05, 0.1) is 24.0 Å². The molecule has 0 aliphatic heterocycles. The van der Waals surface area contributed by atoms with Crippen LogP contribution in [0.15, 0.2) is 18.2 Å². The number of aliphatic hydroxyl groups excluding tert-OH is 1. The molecule has 1 amide bonds. The molecule has 7 heteroatoms. The van der Waals surface area contributed by atoms with Crippen LogP contribution >= 0.6 is 12.4 Å². The lowest BCUT2D eigenvalue weighted by molar-refractivity contribution is 0.163. The van der Waals surface area contributed by atoms with Crippen molar-refractivity contribution in [3.63, 3.8) is 0 Å². The summed E-state index contributed by atoms with van der Waals surface area (Å²) in [5.74, 6) is 0. The Balaban J connectivity index is 0.00000484. The Kier molecular flexibility index (Phi) is 8.62. The summed E-state index contributed by atoms with van der Waals surface area (Å²) >= 11 is 0. The maximum Gasteiger partial charge on any atom is 0.411 e. The molecule has 0 aliphatic carbocycles. The second-order valence-electron chi connectivity index (χ2n) is 5.91. The summed E-state index contributed by atoms with van der Waals surface area (Å²) in [6.45, 7) is 8.35. The van der Waals surface area contributed by atoms with E-state index in [0.717, 1.165) is 0 Å². The Morgan fingerprint density at radius 3 is 2.61 bits per heavy atom. The molecule has 0 spiro atoms. The van der Waals surface area contributed by atoms with Crippen molar-refractivity contribution in [1.82, 2.24) is 5.32 Å². The molecule has 1 aromatic carbocycles. The van der Waals surface area contributed by atoms with Crippen LogP contribution in [0.25, 0.3) is 0 Å². The number of carbonyl (C=O) groups is 1. The van der Waals surface area contributed by atoms with Crippen molar-refractivity contribution in [3.8, 4) is 6.07 Å². The normalized spacial score (nSPS) is 11.8. The molecular formula is C16H24ClN3O3. The summed E-state index contributed by atoms with van der Waals surface area (Å²) in [5, 5.41) is 25.1. The van der Waals surface area contributed by atoms with Crippen LogP contribution in [0, 0.1) is 11.3 Å². The molecule has 3 N–H and O–H groups in total. The van der Waals surface area contributed by atoms with Crippen LogP contribution in [-0.2, 0) is 4.74 Å². The van der Waals surface area contributed by atoms with Crippen LogP contribution in [0.1, 0.15) is 44.9 Å². The van der Waals surface area contributed by atoms with Crippen LogP contribution in [0.3, 0.4) is 0 Å². The highest BCUT2D eigenvalue weighted by Crippen LogP contribution is 2.21. The summed E-state index contributed by atoms with van der Waals surface area (Å²) in [7, 11) is 0. The number of halogens is 1. The van der Waals surface area contributed by atoms with E-state index in [1.807, 2.05) is 26.8 Å². The summed E-state index contributed by atoms with van der Waals surface area (Å²) in [4.78, 5) is 11.4. The predicted molar refractivity (Wildman–Crippen MR) is 91.8 cm³/mol. The van der Waals surface area contributed by atoms with Crippen molar-refractivity contribution >= 4 is 24.2 Å². The number of anilines is 1. The van der Waals surface area contributed by atoms with Gasteiger partial charge in [-0.1, -0.05) is 6.07 Å². The van der Waals surface area contributed by atoms with E-state index >= 15 is 0 Å². The molecule has 0 aliphatic rings. The predicted octanol–water partition coefficient (Wildman–Crippen LogP) is 2.97. The van der Waals surface area contributed by atoms with E-state index in [4.69, 9.17) is 4.74 Å². The van der Waals surface area contributed by atoms with Crippen molar-refractivity contribution in [2.45, 2.75) is 39.3 Å². The van der Waals surface area contributed by atoms with Crippen molar-refractivity contribution < 1.29 is 14.6 Å².